The number of nitrogens with one attached hydrogen (secondary N) is 1. The second kappa shape index (κ2) is 8.79. The van der Waals surface area contributed by atoms with Crippen LogP contribution in [0.3, 0.4) is 0 Å². The molecule has 0 aliphatic carbocycles. The molecular formula is C18H19F3N2O5. The van der Waals surface area contributed by atoms with Crippen molar-refractivity contribution in [2.24, 2.45) is 0 Å². The minimum atomic E-state index is -4.67. The maximum Gasteiger partial charge on any atom is 0.416 e. The minimum Gasteiger partial charge on any atom is -0.493 e. The first-order chi connectivity index (χ1) is 13.2. The molecule has 1 atom stereocenters. The maximum atomic E-state index is 12.8. The Kier molecular flexibility index (Phi) is 6.68. The molecule has 1 unspecified atom stereocenters. The highest BCUT2D eigenvalue weighted by atomic mass is 19.4. The lowest BCUT2D eigenvalue weighted by Crippen LogP contribution is -2.11. The normalized spacial score (nSPS) is 12.4. The second-order valence-electron chi connectivity index (χ2n) is 5.84. The summed E-state index contributed by atoms with van der Waals surface area (Å²) >= 11 is 0. The predicted octanol–water partition coefficient (Wildman–Crippen LogP) is 4.17. The molecule has 0 amide bonds. The molecule has 0 aliphatic rings. The van der Waals surface area contributed by atoms with Gasteiger partial charge in [0.25, 0.3) is 5.69 Å². The van der Waals surface area contributed by atoms with Crippen LogP contribution in [0.4, 0.5) is 24.5 Å². The van der Waals surface area contributed by atoms with E-state index in [1.165, 1.54) is 7.11 Å². The van der Waals surface area contributed by atoms with Crippen LogP contribution in [0, 0.1) is 10.1 Å². The number of halogens is 3. The van der Waals surface area contributed by atoms with Gasteiger partial charge in [-0.05, 0) is 36.8 Å². The molecule has 0 saturated carbocycles. The number of aliphatic hydroxyl groups excluding tert-OH is 1. The van der Waals surface area contributed by atoms with Crippen molar-refractivity contribution in [1.29, 1.82) is 0 Å². The van der Waals surface area contributed by atoms with Crippen molar-refractivity contribution in [3.05, 3.63) is 57.6 Å². The van der Waals surface area contributed by atoms with Crippen LogP contribution in [0.5, 0.6) is 11.5 Å². The van der Waals surface area contributed by atoms with E-state index in [1.807, 2.05) is 0 Å². The third-order valence-electron chi connectivity index (χ3n) is 3.93. The Morgan fingerprint density at radius 3 is 2.50 bits per heavy atom. The zero-order chi connectivity index (χ0) is 20.9. The number of nitro groups is 1. The van der Waals surface area contributed by atoms with Gasteiger partial charge in [-0.25, -0.2) is 0 Å². The lowest BCUT2D eigenvalue weighted by Gasteiger charge is -2.18. The summed E-state index contributed by atoms with van der Waals surface area (Å²) in [7, 11) is 1.43. The van der Waals surface area contributed by atoms with Crippen LogP contribution in [0.15, 0.2) is 36.4 Å². The number of nitro benzene ring substituents is 1. The first kappa shape index (κ1) is 21.3. The molecule has 152 valence electrons. The van der Waals surface area contributed by atoms with E-state index in [2.05, 4.69) is 5.32 Å². The van der Waals surface area contributed by atoms with Gasteiger partial charge in [0.2, 0.25) is 0 Å². The number of aliphatic hydroxyl groups is 1. The molecule has 2 N–H and O–H groups in total. The SMILES string of the molecule is COc1cc(C(C)Nc2ccc(C(F)(F)F)cc2[N+](=O)[O-])ccc1OCCO. The van der Waals surface area contributed by atoms with Gasteiger partial charge < -0.3 is 19.9 Å². The van der Waals surface area contributed by atoms with Crippen LogP contribution in [0.2, 0.25) is 0 Å². The summed E-state index contributed by atoms with van der Waals surface area (Å²) in [5.41, 5.74) is -1.13. The molecule has 0 aliphatic heterocycles. The average Bonchev–Trinajstić information content (AvgIpc) is 2.65. The van der Waals surface area contributed by atoms with Gasteiger partial charge in [-0.1, -0.05) is 6.07 Å². The molecule has 0 heterocycles. The standard InChI is InChI=1S/C18H19F3N2O5/c1-11(12-3-6-16(28-8-7-24)17(9-12)27-2)22-14-5-4-13(18(19,20)21)10-15(14)23(25)26/h3-6,9-11,22,24H,7-8H2,1-2H3. The number of ether oxygens (including phenoxy) is 2. The first-order valence-electron chi connectivity index (χ1n) is 8.21. The van der Waals surface area contributed by atoms with Crippen molar-refractivity contribution in [2.45, 2.75) is 19.1 Å². The topological polar surface area (TPSA) is 93.9 Å². The third kappa shape index (κ3) is 5.03. The lowest BCUT2D eigenvalue weighted by atomic mass is 10.1. The molecule has 10 heteroatoms. The van der Waals surface area contributed by atoms with E-state index in [9.17, 15) is 23.3 Å². The third-order valence-corrected chi connectivity index (χ3v) is 3.93. The van der Waals surface area contributed by atoms with Crippen molar-refractivity contribution < 1.29 is 32.7 Å². The van der Waals surface area contributed by atoms with Crippen LogP contribution in [-0.2, 0) is 6.18 Å². The summed E-state index contributed by atoms with van der Waals surface area (Å²) in [6, 6.07) is 6.78. The molecule has 0 fully saturated rings. The highest BCUT2D eigenvalue weighted by Gasteiger charge is 2.33. The number of hydrogen-bond acceptors (Lipinski definition) is 6. The Morgan fingerprint density at radius 1 is 1.21 bits per heavy atom. The van der Waals surface area contributed by atoms with Crippen LogP contribution >= 0.6 is 0 Å². The number of nitrogens with zero attached hydrogens (tertiary/aromatic N) is 1. The molecule has 0 aromatic heterocycles. The van der Waals surface area contributed by atoms with Gasteiger partial charge in [0.05, 0.1) is 24.2 Å². The molecule has 0 radical (unpaired) electrons. The average molecular weight is 400 g/mol. The van der Waals surface area contributed by atoms with E-state index in [0.29, 0.717) is 23.1 Å². The van der Waals surface area contributed by atoms with Crippen molar-refractivity contribution in [3.63, 3.8) is 0 Å². The molecule has 0 saturated heterocycles. The maximum absolute atomic E-state index is 12.8. The number of rotatable bonds is 8. The second-order valence-corrected chi connectivity index (χ2v) is 5.84. The number of alkyl halides is 3. The number of anilines is 1. The molecular weight excluding hydrogens is 381 g/mol. The summed E-state index contributed by atoms with van der Waals surface area (Å²) in [6.07, 6.45) is -4.67. The van der Waals surface area contributed by atoms with Crippen LogP contribution < -0.4 is 14.8 Å². The molecule has 28 heavy (non-hydrogen) atoms. The Labute approximate surface area is 158 Å². The van der Waals surface area contributed by atoms with Gasteiger partial charge in [0, 0.05) is 12.1 Å². The van der Waals surface area contributed by atoms with Gasteiger partial charge in [0.1, 0.15) is 12.3 Å². The molecule has 2 aromatic rings. The highest BCUT2D eigenvalue weighted by Crippen LogP contribution is 2.37. The van der Waals surface area contributed by atoms with Crippen molar-refractivity contribution in [3.8, 4) is 11.5 Å². The molecule has 2 aromatic carbocycles. The van der Waals surface area contributed by atoms with E-state index >= 15 is 0 Å². The van der Waals surface area contributed by atoms with Crippen LogP contribution in [0.25, 0.3) is 0 Å². The van der Waals surface area contributed by atoms with Crippen molar-refractivity contribution in [2.75, 3.05) is 25.6 Å². The fourth-order valence-electron chi connectivity index (χ4n) is 2.53. The van der Waals surface area contributed by atoms with E-state index in [-0.39, 0.29) is 18.9 Å². The quantitative estimate of drug-likeness (QED) is 0.510. The minimum absolute atomic E-state index is 0.0370. The summed E-state index contributed by atoms with van der Waals surface area (Å²) in [6.45, 7) is 1.62. The van der Waals surface area contributed by atoms with Crippen LogP contribution in [0.1, 0.15) is 24.1 Å². The van der Waals surface area contributed by atoms with E-state index < -0.39 is 28.4 Å². The Morgan fingerprint density at radius 2 is 1.93 bits per heavy atom. The largest absolute Gasteiger partial charge is 0.493 e. The van der Waals surface area contributed by atoms with Crippen molar-refractivity contribution in [1.82, 2.24) is 0 Å². The van der Waals surface area contributed by atoms with Gasteiger partial charge in [-0.3, -0.25) is 10.1 Å². The summed E-state index contributed by atoms with van der Waals surface area (Å²) in [5, 5.41) is 22.9. The fourth-order valence-corrected chi connectivity index (χ4v) is 2.53. The number of hydrogen-bond donors (Lipinski definition) is 2. The smallest absolute Gasteiger partial charge is 0.416 e. The van der Waals surface area contributed by atoms with E-state index in [0.717, 1.165) is 12.1 Å². The highest BCUT2D eigenvalue weighted by molar-refractivity contribution is 5.64. The van der Waals surface area contributed by atoms with Crippen LogP contribution in [-0.4, -0.2) is 30.4 Å². The van der Waals surface area contributed by atoms with Gasteiger partial charge in [-0.15, -0.1) is 0 Å². The summed E-state index contributed by atoms with van der Waals surface area (Å²) in [4.78, 5) is 10.3. The van der Waals surface area contributed by atoms with Gasteiger partial charge in [-0.2, -0.15) is 13.2 Å². The first-order valence-corrected chi connectivity index (χ1v) is 8.21. The monoisotopic (exact) mass is 400 g/mol. The number of methoxy groups -OCH3 is 1. The van der Waals surface area contributed by atoms with E-state index in [4.69, 9.17) is 14.6 Å². The number of benzene rings is 2. The fraction of sp³-hybridized carbons (Fsp3) is 0.333. The Balaban J connectivity index is 2.29. The molecule has 7 nitrogen and oxygen atoms in total. The zero-order valence-corrected chi connectivity index (χ0v) is 15.1. The van der Waals surface area contributed by atoms with Gasteiger partial charge >= 0.3 is 6.18 Å². The Hall–Kier alpha value is -3.01. The molecule has 0 spiro atoms. The summed E-state index contributed by atoms with van der Waals surface area (Å²) < 4.78 is 49.0. The Bertz CT molecular complexity index is 842. The zero-order valence-electron chi connectivity index (χ0n) is 15.1. The summed E-state index contributed by atoms with van der Waals surface area (Å²) in [5.74, 6) is 0.800. The van der Waals surface area contributed by atoms with Gasteiger partial charge in [0.15, 0.2) is 11.5 Å². The lowest BCUT2D eigenvalue weighted by molar-refractivity contribution is -0.384. The molecule has 0 bridgehead atoms. The molecule has 2 rings (SSSR count). The predicted molar refractivity (Wildman–Crippen MR) is 95.7 cm³/mol. The van der Waals surface area contributed by atoms with E-state index in [1.54, 1.807) is 25.1 Å². The van der Waals surface area contributed by atoms with Crippen molar-refractivity contribution >= 4 is 11.4 Å².